The highest BCUT2D eigenvalue weighted by molar-refractivity contribution is 5.27. The number of alkyl halides is 2. The monoisotopic (exact) mass is 188 g/mol. The van der Waals surface area contributed by atoms with Gasteiger partial charge >= 0.3 is 6.61 Å². The molecule has 13 heavy (non-hydrogen) atoms. The molecule has 4 heteroatoms. The van der Waals surface area contributed by atoms with Crippen LogP contribution in [0.5, 0.6) is 5.75 Å². The van der Waals surface area contributed by atoms with Gasteiger partial charge in [0.2, 0.25) is 0 Å². The third-order valence-corrected chi connectivity index (χ3v) is 1.61. The van der Waals surface area contributed by atoms with Gasteiger partial charge in [-0.3, -0.25) is 0 Å². The number of benzene rings is 1. The fourth-order valence-electron chi connectivity index (χ4n) is 1.04. The molecule has 0 radical (unpaired) electrons. The molecule has 0 fully saturated rings. The van der Waals surface area contributed by atoms with Crippen LogP contribution in [0.25, 0.3) is 0 Å². The number of hydrogen-bond acceptors (Lipinski definition) is 1. The van der Waals surface area contributed by atoms with E-state index in [1.54, 1.807) is 12.1 Å². The molecular formula is C9H12F2NO+. The maximum atomic E-state index is 11.7. The molecule has 1 aromatic rings. The first kappa shape index (κ1) is 9.92. The Kier molecular flexibility index (Phi) is 3.64. The van der Waals surface area contributed by atoms with Crippen molar-refractivity contribution in [3.05, 3.63) is 29.8 Å². The van der Waals surface area contributed by atoms with Gasteiger partial charge in [-0.15, -0.1) is 0 Å². The van der Waals surface area contributed by atoms with Gasteiger partial charge in [0, 0.05) is 6.42 Å². The molecule has 0 unspecified atom stereocenters. The van der Waals surface area contributed by atoms with Crippen LogP contribution < -0.4 is 10.5 Å². The maximum absolute atomic E-state index is 11.7. The molecule has 3 N–H and O–H groups in total. The molecular weight excluding hydrogens is 176 g/mol. The Morgan fingerprint density at radius 3 is 2.31 bits per heavy atom. The molecule has 0 aliphatic rings. The molecule has 0 amide bonds. The molecule has 1 aromatic carbocycles. The predicted octanol–water partition coefficient (Wildman–Crippen LogP) is 1.07. The number of rotatable bonds is 4. The third-order valence-electron chi connectivity index (χ3n) is 1.61. The van der Waals surface area contributed by atoms with E-state index in [1.807, 2.05) is 0 Å². The summed E-state index contributed by atoms with van der Waals surface area (Å²) in [4.78, 5) is 0. The van der Waals surface area contributed by atoms with Gasteiger partial charge in [-0.1, -0.05) is 12.1 Å². The lowest BCUT2D eigenvalue weighted by Crippen LogP contribution is -2.51. The molecule has 0 atom stereocenters. The van der Waals surface area contributed by atoms with Crippen LogP contribution in [0.3, 0.4) is 0 Å². The van der Waals surface area contributed by atoms with Gasteiger partial charge in [0.15, 0.2) is 0 Å². The van der Waals surface area contributed by atoms with E-state index >= 15 is 0 Å². The lowest BCUT2D eigenvalue weighted by atomic mass is 10.1. The average molecular weight is 188 g/mol. The molecule has 0 aliphatic heterocycles. The number of ether oxygens (including phenoxy) is 1. The van der Waals surface area contributed by atoms with Crippen LogP contribution in [0, 0.1) is 0 Å². The minimum absolute atomic E-state index is 0.197. The van der Waals surface area contributed by atoms with Crippen LogP contribution >= 0.6 is 0 Å². The zero-order valence-corrected chi connectivity index (χ0v) is 7.17. The summed E-state index contributed by atoms with van der Waals surface area (Å²) < 4.78 is 27.7. The molecule has 0 spiro atoms. The van der Waals surface area contributed by atoms with Gasteiger partial charge in [0.05, 0.1) is 6.54 Å². The van der Waals surface area contributed by atoms with Crippen LogP contribution in [-0.4, -0.2) is 13.2 Å². The van der Waals surface area contributed by atoms with Crippen molar-refractivity contribution in [1.82, 2.24) is 0 Å². The van der Waals surface area contributed by atoms with Gasteiger partial charge in [0.1, 0.15) is 5.75 Å². The van der Waals surface area contributed by atoms with Gasteiger partial charge in [-0.25, -0.2) is 0 Å². The quantitative estimate of drug-likeness (QED) is 0.754. The molecule has 0 heterocycles. The van der Waals surface area contributed by atoms with E-state index < -0.39 is 6.61 Å². The van der Waals surface area contributed by atoms with Crippen molar-refractivity contribution in [2.24, 2.45) is 0 Å². The Labute approximate surface area is 75.3 Å². The van der Waals surface area contributed by atoms with Gasteiger partial charge < -0.3 is 10.5 Å². The van der Waals surface area contributed by atoms with E-state index in [4.69, 9.17) is 0 Å². The summed E-state index contributed by atoms with van der Waals surface area (Å²) in [5, 5.41) is 0. The van der Waals surface area contributed by atoms with Gasteiger partial charge in [-0.05, 0) is 17.7 Å². The Balaban J connectivity index is 2.59. The fraction of sp³-hybridized carbons (Fsp3) is 0.333. The van der Waals surface area contributed by atoms with E-state index in [1.165, 1.54) is 12.1 Å². The van der Waals surface area contributed by atoms with Crippen LogP contribution in [-0.2, 0) is 6.42 Å². The maximum Gasteiger partial charge on any atom is 0.387 e. The van der Waals surface area contributed by atoms with E-state index in [0.717, 1.165) is 18.5 Å². The zero-order valence-electron chi connectivity index (χ0n) is 7.17. The Bertz CT molecular complexity index is 248. The summed E-state index contributed by atoms with van der Waals surface area (Å²) in [7, 11) is 0. The summed E-state index contributed by atoms with van der Waals surface area (Å²) in [6.07, 6.45) is 0.856. The average Bonchev–Trinajstić information content (AvgIpc) is 2.08. The second-order valence-electron chi connectivity index (χ2n) is 2.63. The van der Waals surface area contributed by atoms with Crippen molar-refractivity contribution >= 4 is 0 Å². The first-order chi connectivity index (χ1) is 6.22. The second kappa shape index (κ2) is 4.77. The van der Waals surface area contributed by atoms with E-state index in [-0.39, 0.29) is 5.75 Å². The molecule has 0 aromatic heterocycles. The Morgan fingerprint density at radius 2 is 1.85 bits per heavy atom. The van der Waals surface area contributed by atoms with E-state index in [9.17, 15) is 8.78 Å². The summed E-state index contributed by atoms with van der Waals surface area (Å²) in [6.45, 7) is -1.95. The topological polar surface area (TPSA) is 36.9 Å². The largest absolute Gasteiger partial charge is 0.435 e. The highest BCUT2D eigenvalue weighted by Gasteiger charge is 2.03. The first-order valence-electron chi connectivity index (χ1n) is 4.05. The zero-order chi connectivity index (χ0) is 9.68. The summed E-state index contributed by atoms with van der Waals surface area (Å²) in [5.74, 6) is 0.197. The first-order valence-corrected chi connectivity index (χ1v) is 4.05. The van der Waals surface area contributed by atoms with E-state index in [2.05, 4.69) is 10.5 Å². The molecule has 0 saturated heterocycles. The number of quaternary nitrogens is 1. The second-order valence-corrected chi connectivity index (χ2v) is 2.63. The normalized spacial score (nSPS) is 10.5. The summed E-state index contributed by atoms with van der Waals surface area (Å²) >= 11 is 0. The van der Waals surface area contributed by atoms with Crippen LogP contribution in [0.15, 0.2) is 24.3 Å². The van der Waals surface area contributed by atoms with Crippen molar-refractivity contribution in [2.75, 3.05) is 6.54 Å². The SMILES string of the molecule is [NH3+]CCc1ccc(OC(F)F)cc1. The molecule has 0 saturated carbocycles. The minimum Gasteiger partial charge on any atom is -0.435 e. The van der Waals surface area contributed by atoms with Crippen molar-refractivity contribution in [3.8, 4) is 5.75 Å². The fourth-order valence-corrected chi connectivity index (χ4v) is 1.04. The third kappa shape index (κ3) is 3.38. The van der Waals surface area contributed by atoms with Crippen molar-refractivity contribution < 1.29 is 19.3 Å². The lowest BCUT2D eigenvalue weighted by Gasteiger charge is -2.04. The predicted molar refractivity (Wildman–Crippen MR) is 44.5 cm³/mol. The van der Waals surface area contributed by atoms with Crippen molar-refractivity contribution in [3.63, 3.8) is 0 Å². The number of hydrogen-bond donors (Lipinski definition) is 1. The van der Waals surface area contributed by atoms with Gasteiger partial charge in [0.25, 0.3) is 0 Å². The molecule has 1 rings (SSSR count). The van der Waals surface area contributed by atoms with E-state index in [0.29, 0.717) is 0 Å². The van der Waals surface area contributed by atoms with Crippen molar-refractivity contribution in [1.29, 1.82) is 0 Å². The molecule has 0 aliphatic carbocycles. The minimum atomic E-state index is -2.75. The molecule has 0 bridgehead atoms. The summed E-state index contributed by atoms with van der Waals surface area (Å²) in [5.41, 5.74) is 4.78. The van der Waals surface area contributed by atoms with Crippen LogP contribution in [0.4, 0.5) is 8.78 Å². The van der Waals surface area contributed by atoms with Crippen molar-refractivity contribution in [2.45, 2.75) is 13.0 Å². The highest BCUT2D eigenvalue weighted by atomic mass is 19.3. The molecule has 2 nitrogen and oxygen atoms in total. The highest BCUT2D eigenvalue weighted by Crippen LogP contribution is 2.14. The Morgan fingerprint density at radius 1 is 1.23 bits per heavy atom. The van der Waals surface area contributed by atoms with Crippen LogP contribution in [0.2, 0.25) is 0 Å². The Hall–Kier alpha value is -1.16. The smallest absolute Gasteiger partial charge is 0.387 e. The summed E-state index contributed by atoms with van der Waals surface area (Å²) in [6, 6.07) is 6.61. The van der Waals surface area contributed by atoms with Gasteiger partial charge in [-0.2, -0.15) is 8.78 Å². The lowest BCUT2D eigenvalue weighted by molar-refractivity contribution is -0.366. The molecule has 72 valence electrons. The standard InChI is InChI=1S/C9H11F2NO/c10-9(11)13-8-3-1-7(2-4-8)5-6-12/h1-4,9H,5-6,12H2/p+1. The number of halogens is 2. The van der Waals surface area contributed by atoms with Crippen LogP contribution in [0.1, 0.15) is 5.56 Å².